The van der Waals surface area contributed by atoms with Gasteiger partial charge in [-0.1, -0.05) is 13.0 Å². The zero-order valence-corrected chi connectivity index (χ0v) is 12.7. The second kappa shape index (κ2) is 7.17. The summed E-state index contributed by atoms with van der Waals surface area (Å²) in [7, 11) is 1.74. The zero-order chi connectivity index (χ0) is 13.7. The number of benzene rings is 1. The fraction of sp³-hybridized carbons (Fsp3) is 0.600. The van der Waals surface area contributed by atoms with Crippen molar-refractivity contribution in [3.05, 3.63) is 29.3 Å². The van der Waals surface area contributed by atoms with Crippen LogP contribution in [-0.2, 0) is 13.1 Å². The lowest BCUT2D eigenvalue weighted by molar-refractivity contribution is 0.268. The van der Waals surface area contributed by atoms with Crippen molar-refractivity contribution in [2.24, 2.45) is 5.73 Å². The quantitative estimate of drug-likeness (QED) is 0.899. The molecule has 2 rings (SSSR count). The Hall–Kier alpha value is -0.710. The summed E-state index contributed by atoms with van der Waals surface area (Å²) in [5.74, 6) is 2.21. The average molecular weight is 280 g/mol. The van der Waals surface area contributed by atoms with Crippen molar-refractivity contribution < 1.29 is 4.74 Å². The van der Waals surface area contributed by atoms with Crippen LogP contribution >= 0.6 is 11.8 Å². The molecule has 1 heterocycles. The molecule has 0 aromatic heterocycles. The minimum absolute atomic E-state index is 0.588. The van der Waals surface area contributed by atoms with Crippen molar-refractivity contribution in [3.8, 4) is 5.75 Å². The van der Waals surface area contributed by atoms with E-state index in [1.54, 1.807) is 7.11 Å². The number of rotatable bonds is 5. The van der Waals surface area contributed by atoms with Crippen LogP contribution in [0.4, 0.5) is 0 Å². The third kappa shape index (κ3) is 3.88. The molecule has 3 nitrogen and oxygen atoms in total. The second-order valence-corrected chi connectivity index (χ2v) is 6.39. The smallest absolute Gasteiger partial charge is 0.123 e. The van der Waals surface area contributed by atoms with Gasteiger partial charge in [-0.15, -0.1) is 0 Å². The predicted octanol–water partition coefficient (Wildman–Crippen LogP) is 2.48. The van der Waals surface area contributed by atoms with Crippen molar-refractivity contribution in [1.29, 1.82) is 0 Å². The number of ether oxygens (including phenoxy) is 1. The van der Waals surface area contributed by atoms with Gasteiger partial charge in [-0.3, -0.25) is 4.90 Å². The maximum atomic E-state index is 5.73. The molecule has 1 saturated heterocycles. The van der Waals surface area contributed by atoms with Crippen LogP contribution in [0, 0.1) is 0 Å². The van der Waals surface area contributed by atoms with Crippen LogP contribution in [0.5, 0.6) is 5.75 Å². The van der Waals surface area contributed by atoms with Crippen molar-refractivity contribution >= 4 is 11.8 Å². The molecule has 0 amide bonds. The lowest BCUT2D eigenvalue weighted by Gasteiger charge is -2.32. The molecule has 0 radical (unpaired) electrons. The van der Waals surface area contributed by atoms with Crippen molar-refractivity contribution in [3.63, 3.8) is 0 Å². The second-order valence-electron chi connectivity index (χ2n) is 4.99. The number of hydrogen-bond donors (Lipinski definition) is 1. The Morgan fingerprint density at radius 1 is 1.47 bits per heavy atom. The molecular formula is C15H24N2OS. The summed E-state index contributed by atoms with van der Waals surface area (Å²) in [6.45, 7) is 6.17. The van der Waals surface area contributed by atoms with Gasteiger partial charge in [-0.2, -0.15) is 11.8 Å². The molecule has 0 saturated carbocycles. The Morgan fingerprint density at radius 3 is 3.00 bits per heavy atom. The lowest BCUT2D eigenvalue weighted by Crippen LogP contribution is -2.37. The van der Waals surface area contributed by atoms with Gasteiger partial charge in [0.2, 0.25) is 0 Å². The van der Waals surface area contributed by atoms with Gasteiger partial charge in [0, 0.05) is 42.7 Å². The fourth-order valence-electron chi connectivity index (χ4n) is 2.49. The number of hydrogen-bond acceptors (Lipinski definition) is 4. The number of nitrogens with zero attached hydrogens (tertiary/aromatic N) is 1. The summed E-state index contributed by atoms with van der Waals surface area (Å²) in [5.41, 5.74) is 8.16. The zero-order valence-electron chi connectivity index (χ0n) is 11.9. The van der Waals surface area contributed by atoms with Crippen LogP contribution in [0.25, 0.3) is 0 Å². The van der Waals surface area contributed by atoms with E-state index in [0.717, 1.165) is 24.1 Å². The van der Waals surface area contributed by atoms with Crippen LogP contribution in [0.3, 0.4) is 0 Å². The van der Waals surface area contributed by atoms with Gasteiger partial charge in [0.25, 0.3) is 0 Å². The van der Waals surface area contributed by atoms with E-state index in [9.17, 15) is 0 Å². The van der Waals surface area contributed by atoms with E-state index in [0.29, 0.717) is 6.54 Å². The highest BCUT2D eigenvalue weighted by atomic mass is 32.2. The molecule has 1 aromatic carbocycles. The van der Waals surface area contributed by atoms with Gasteiger partial charge in [0.05, 0.1) is 7.11 Å². The first-order valence-electron chi connectivity index (χ1n) is 6.96. The number of nitrogens with two attached hydrogens (primary N) is 1. The van der Waals surface area contributed by atoms with E-state index in [4.69, 9.17) is 10.5 Å². The molecule has 1 aromatic rings. The molecule has 0 spiro atoms. The van der Waals surface area contributed by atoms with Gasteiger partial charge in [-0.25, -0.2) is 0 Å². The summed E-state index contributed by atoms with van der Waals surface area (Å²) in [5, 5.41) is 0.775. The summed E-state index contributed by atoms with van der Waals surface area (Å²) in [6, 6.07) is 6.26. The molecule has 2 N–H and O–H groups in total. The molecule has 1 aliphatic rings. The largest absolute Gasteiger partial charge is 0.496 e. The molecule has 1 aliphatic heterocycles. The average Bonchev–Trinajstić information content (AvgIpc) is 2.47. The fourth-order valence-corrected chi connectivity index (χ4v) is 3.74. The number of thioether (sulfide) groups is 1. The van der Waals surface area contributed by atoms with Crippen LogP contribution in [0.2, 0.25) is 0 Å². The van der Waals surface area contributed by atoms with Gasteiger partial charge in [0.15, 0.2) is 0 Å². The van der Waals surface area contributed by atoms with Gasteiger partial charge < -0.3 is 10.5 Å². The monoisotopic (exact) mass is 280 g/mol. The SMILES string of the molecule is CCC1CN(Cc2cc(CN)ccc2OC)CCS1. The van der Waals surface area contributed by atoms with Crippen LogP contribution in [-0.4, -0.2) is 36.1 Å². The normalized spacial score (nSPS) is 20.5. The molecule has 0 aliphatic carbocycles. The summed E-state index contributed by atoms with van der Waals surface area (Å²) in [4.78, 5) is 2.53. The standard InChI is InChI=1S/C15H24N2OS/c1-3-14-11-17(6-7-19-14)10-13-8-12(9-16)4-5-15(13)18-2/h4-5,8,14H,3,6-7,9-11,16H2,1-2H3. The van der Waals surface area contributed by atoms with Crippen molar-refractivity contribution in [2.75, 3.05) is 26.0 Å². The minimum Gasteiger partial charge on any atom is -0.496 e. The first kappa shape index (κ1) is 14.7. The molecular weight excluding hydrogens is 256 g/mol. The highest BCUT2D eigenvalue weighted by molar-refractivity contribution is 8.00. The Balaban J connectivity index is 2.08. The van der Waals surface area contributed by atoms with E-state index < -0.39 is 0 Å². The lowest BCUT2D eigenvalue weighted by atomic mass is 10.1. The van der Waals surface area contributed by atoms with Crippen molar-refractivity contribution in [1.82, 2.24) is 4.90 Å². The highest BCUT2D eigenvalue weighted by Gasteiger charge is 2.20. The number of methoxy groups -OCH3 is 1. The Kier molecular flexibility index (Phi) is 5.55. The molecule has 0 bridgehead atoms. The third-order valence-electron chi connectivity index (χ3n) is 3.65. The molecule has 19 heavy (non-hydrogen) atoms. The Labute approximate surface area is 120 Å². The van der Waals surface area contributed by atoms with E-state index in [1.807, 2.05) is 12.1 Å². The van der Waals surface area contributed by atoms with Crippen molar-refractivity contribution in [2.45, 2.75) is 31.7 Å². The molecule has 1 fully saturated rings. The maximum Gasteiger partial charge on any atom is 0.123 e. The Bertz CT molecular complexity index is 411. The molecule has 1 atom stereocenters. The summed E-state index contributed by atoms with van der Waals surface area (Å²) < 4.78 is 5.47. The van der Waals surface area contributed by atoms with Gasteiger partial charge in [0.1, 0.15) is 5.75 Å². The van der Waals surface area contributed by atoms with Crippen LogP contribution < -0.4 is 10.5 Å². The topological polar surface area (TPSA) is 38.5 Å². The van der Waals surface area contributed by atoms with E-state index in [1.165, 1.54) is 29.8 Å². The summed E-state index contributed by atoms with van der Waals surface area (Å²) >= 11 is 2.10. The molecule has 106 valence electrons. The molecule has 4 heteroatoms. The first-order valence-corrected chi connectivity index (χ1v) is 8.01. The minimum atomic E-state index is 0.588. The predicted molar refractivity (Wildman–Crippen MR) is 82.7 cm³/mol. The van der Waals surface area contributed by atoms with E-state index in [-0.39, 0.29) is 0 Å². The maximum absolute atomic E-state index is 5.73. The third-order valence-corrected chi connectivity index (χ3v) is 5.02. The van der Waals surface area contributed by atoms with Gasteiger partial charge in [-0.05, 0) is 24.1 Å². The molecule has 1 unspecified atom stereocenters. The Morgan fingerprint density at radius 2 is 2.32 bits per heavy atom. The van der Waals surface area contributed by atoms with Gasteiger partial charge >= 0.3 is 0 Å². The van der Waals surface area contributed by atoms with Crippen LogP contribution in [0.1, 0.15) is 24.5 Å². The van der Waals surface area contributed by atoms with E-state index >= 15 is 0 Å². The summed E-state index contributed by atoms with van der Waals surface area (Å²) in [6.07, 6.45) is 1.25. The highest BCUT2D eigenvalue weighted by Crippen LogP contribution is 2.26. The first-order chi connectivity index (χ1) is 9.26. The van der Waals surface area contributed by atoms with E-state index in [2.05, 4.69) is 29.7 Å². The van der Waals surface area contributed by atoms with Crippen LogP contribution in [0.15, 0.2) is 18.2 Å².